The molecule has 1 unspecified atom stereocenters. The van der Waals surface area contributed by atoms with Gasteiger partial charge in [0.05, 0.1) is 5.38 Å². The van der Waals surface area contributed by atoms with Crippen LogP contribution in [0.25, 0.3) is 0 Å². The molecule has 0 fully saturated rings. The fourth-order valence-electron chi connectivity index (χ4n) is 1.36. The van der Waals surface area contributed by atoms with Gasteiger partial charge in [-0.1, -0.05) is 19.4 Å². The third-order valence-corrected chi connectivity index (χ3v) is 2.57. The largest absolute Gasteiger partial charge is 0.207 e. The highest BCUT2D eigenvalue weighted by Gasteiger charge is 2.10. The van der Waals surface area contributed by atoms with Gasteiger partial charge in [0, 0.05) is 0 Å². The number of halogens is 2. The number of aryl methyl sites for hydroxylation is 1. The van der Waals surface area contributed by atoms with Crippen LogP contribution in [-0.4, -0.2) is 0 Å². The number of alkyl halides is 1. The van der Waals surface area contributed by atoms with Crippen molar-refractivity contribution >= 4 is 11.6 Å². The normalized spacial score (nSPS) is 12.9. The Bertz CT molecular complexity index is 283. The lowest BCUT2D eigenvalue weighted by molar-refractivity contribution is 0.622. The summed E-state index contributed by atoms with van der Waals surface area (Å²) < 4.78 is 12.9. The molecule has 0 aliphatic rings. The SMILES string of the molecule is CCCC(Cl)c1cc(F)ccc1C. The molecule has 13 heavy (non-hydrogen) atoms. The van der Waals surface area contributed by atoms with Crippen LogP contribution in [0, 0.1) is 12.7 Å². The molecule has 1 aromatic rings. The summed E-state index contributed by atoms with van der Waals surface area (Å²) in [7, 11) is 0. The van der Waals surface area contributed by atoms with Gasteiger partial charge < -0.3 is 0 Å². The van der Waals surface area contributed by atoms with E-state index in [-0.39, 0.29) is 11.2 Å². The summed E-state index contributed by atoms with van der Waals surface area (Å²) in [5.41, 5.74) is 1.98. The minimum absolute atomic E-state index is 0.0549. The summed E-state index contributed by atoms with van der Waals surface area (Å²) in [4.78, 5) is 0. The molecule has 0 N–H and O–H groups in total. The van der Waals surface area contributed by atoms with E-state index in [1.807, 2.05) is 6.92 Å². The fraction of sp³-hybridized carbons (Fsp3) is 0.455. The van der Waals surface area contributed by atoms with Crippen LogP contribution < -0.4 is 0 Å². The molecule has 0 amide bonds. The van der Waals surface area contributed by atoms with Gasteiger partial charge in [-0.05, 0) is 36.6 Å². The van der Waals surface area contributed by atoms with Gasteiger partial charge in [-0.25, -0.2) is 4.39 Å². The first-order valence-electron chi connectivity index (χ1n) is 4.55. The first kappa shape index (κ1) is 10.5. The van der Waals surface area contributed by atoms with Crippen molar-refractivity contribution in [2.75, 3.05) is 0 Å². The van der Waals surface area contributed by atoms with Crippen molar-refractivity contribution in [2.45, 2.75) is 32.1 Å². The van der Waals surface area contributed by atoms with Gasteiger partial charge >= 0.3 is 0 Å². The summed E-state index contributed by atoms with van der Waals surface area (Å²) >= 11 is 6.12. The summed E-state index contributed by atoms with van der Waals surface area (Å²) in [6.45, 7) is 4.03. The van der Waals surface area contributed by atoms with Crippen molar-refractivity contribution in [3.63, 3.8) is 0 Å². The molecule has 2 heteroatoms. The van der Waals surface area contributed by atoms with Gasteiger partial charge in [0.2, 0.25) is 0 Å². The Morgan fingerprint density at radius 2 is 2.15 bits per heavy atom. The lowest BCUT2D eigenvalue weighted by Crippen LogP contribution is -1.94. The van der Waals surface area contributed by atoms with Crippen LogP contribution in [0.4, 0.5) is 4.39 Å². The van der Waals surface area contributed by atoms with Crippen molar-refractivity contribution in [3.8, 4) is 0 Å². The van der Waals surface area contributed by atoms with Gasteiger partial charge in [-0.3, -0.25) is 0 Å². The van der Waals surface area contributed by atoms with E-state index in [4.69, 9.17) is 11.6 Å². The predicted octanol–water partition coefficient (Wildman–Crippen LogP) is 4.21. The average Bonchev–Trinajstić information content (AvgIpc) is 2.09. The molecule has 0 radical (unpaired) electrons. The third kappa shape index (κ3) is 2.70. The van der Waals surface area contributed by atoms with Crippen LogP contribution in [0.1, 0.15) is 36.3 Å². The molecule has 0 aromatic heterocycles. The van der Waals surface area contributed by atoms with E-state index in [0.717, 1.165) is 24.0 Å². The van der Waals surface area contributed by atoms with Crippen molar-refractivity contribution in [1.29, 1.82) is 0 Å². The molecule has 0 nitrogen and oxygen atoms in total. The number of benzene rings is 1. The van der Waals surface area contributed by atoms with E-state index in [9.17, 15) is 4.39 Å². The molecule has 0 saturated carbocycles. The predicted molar refractivity (Wildman–Crippen MR) is 54.6 cm³/mol. The zero-order chi connectivity index (χ0) is 9.84. The number of rotatable bonds is 3. The fourth-order valence-corrected chi connectivity index (χ4v) is 1.81. The van der Waals surface area contributed by atoms with Crippen molar-refractivity contribution < 1.29 is 4.39 Å². The van der Waals surface area contributed by atoms with E-state index >= 15 is 0 Å². The van der Waals surface area contributed by atoms with Crippen molar-refractivity contribution in [2.24, 2.45) is 0 Å². The zero-order valence-corrected chi connectivity index (χ0v) is 8.74. The Kier molecular flexibility index (Phi) is 3.73. The average molecular weight is 201 g/mol. The topological polar surface area (TPSA) is 0 Å². The molecule has 1 rings (SSSR count). The quantitative estimate of drug-likeness (QED) is 0.641. The van der Waals surface area contributed by atoms with E-state index in [2.05, 4.69) is 6.92 Å². The lowest BCUT2D eigenvalue weighted by Gasteiger charge is -2.11. The van der Waals surface area contributed by atoms with E-state index in [1.54, 1.807) is 6.07 Å². The van der Waals surface area contributed by atoms with Crippen molar-refractivity contribution in [1.82, 2.24) is 0 Å². The van der Waals surface area contributed by atoms with Crippen LogP contribution in [0.5, 0.6) is 0 Å². The molecule has 0 bridgehead atoms. The minimum Gasteiger partial charge on any atom is -0.207 e. The maximum atomic E-state index is 12.9. The summed E-state index contributed by atoms with van der Waals surface area (Å²) in [6, 6.07) is 4.77. The van der Waals surface area contributed by atoms with Crippen LogP contribution in [-0.2, 0) is 0 Å². The van der Waals surface area contributed by atoms with Gasteiger partial charge in [0.1, 0.15) is 5.82 Å². The summed E-state index contributed by atoms with van der Waals surface area (Å²) in [5.74, 6) is -0.206. The first-order valence-corrected chi connectivity index (χ1v) is 4.99. The number of hydrogen-bond donors (Lipinski definition) is 0. The second-order valence-electron chi connectivity index (χ2n) is 3.26. The Balaban J connectivity index is 2.91. The smallest absolute Gasteiger partial charge is 0.123 e. The van der Waals surface area contributed by atoms with Gasteiger partial charge in [-0.2, -0.15) is 0 Å². The van der Waals surface area contributed by atoms with Gasteiger partial charge in [0.25, 0.3) is 0 Å². The van der Waals surface area contributed by atoms with Gasteiger partial charge in [0.15, 0.2) is 0 Å². The number of hydrogen-bond acceptors (Lipinski definition) is 0. The Morgan fingerprint density at radius 1 is 1.46 bits per heavy atom. The highest BCUT2D eigenvalue weighted by atomic mass is 35.5. The highest BCUT2D eigenvalue weighted by molar-refractivity contribution is 6.20. The summed E-state index contributed by atoms with van der Waals surface area (Å²) in [6.07, 6.45) is 1.91. The molecule has 0 heterocycles. The molecule has 0 spiro atoms. The molecular weight excluding hydrogens is 187 g/mol. The first-order chi connectivity index (χ1) is 6.15. The van der Waals surface area contributed by atoms with Crippen LogP contribution in [0.15, 0.2) is 18.2 Å². The Labute approximate surface area is 83.7 Å². The molecule has 72 valence electrons. The molecule has 0 saturated heterocycles. The van der Waals surface area contributed by atoms with Gasteiger partial charge in [-0.15, -0.1) is 11.6 Å². The Morgan fingerprint density at radius 3 is 2.77 bits per heavy atom. The zero-order valence-electron chi connectivity index (χ0n) is 7.98. The highest BCUT2D eigenvalue weighted by Crippen LogP contribution is 2.28. The maximum Gasteiger partial charge on any atom is 0.123 e. The van der Waals surface area contributed by atoms with E-state index in [0.29, 0.717) is 0 Å². The van der Waals surface area contributed by atoms with Crippen LogP contribution in [0.3, 0.4) is 0 Å². The Hall–Kier alpha value is -0.560. The molecule has 1 atom stereocenters. The lowest BCUT2D eigenvalue weighted by atomic mass is 10.0. The monoisotopic (exact) mass is 200 g/mol. The van der Waals surface area contributed by atoms with E-state index < -0.39 is 0 Å². The minimum atomic E-state index is -0.206. The molecular formula is C11H14ClF. The molecule has 1 aromatic carbocycles. The third-order valence-electron chi connectivity index (χ3n) is 2.12. The maximum absolute atomic E-state index is 12.9. The van der Waals surface area contributed by atoms with Crippen molar-refractivity contribution in [3.05, 3.63) is 35.1 Å². The van der Waals surface area contributed by atoms with E-state index in [1.165, 1.54) is 12.1 Å². The van der Waals surface area contributed by atoms with Crippen LogP contribution >= 0.6 is 11.6 Å². The standard InChI is InChI=1S/C11H14ClF/c1-3-4-11(12)10-7-9(13)6-5-8(10)2/h5-7,11H,3-4H2,1-2H3. The molecule has 0 aliphatic heterocycles. The second kappa shape index (κ2) is 4.61. The molecule has 0 aliphatic carbocycles. The van der Waals surface area contributed by atoms with Crippen LogP contribution in [0.2, 0.25) is 0 Å². The summed E-state index contributed by atoms with van der Waals surface area (Å²) in [5, 5.41) is -0.0549. The second-order valence-corrected chi connectivity index (χ2v) is 3.78.